The molecule has 0 aliphatic heterocycles. The lowest BCUT2D eigenvalue weighted by molar-refractivity contribution is 0.197. The lowest BCUT2D eigenvalue weighted by Gasteiger charge is -2.05. The van der Waals surface area contributed by atoms with E-state index in [1.54, 1.807) is 19.5 Å². The molecule has 1 heterocycles. The van der Waals surface area contributed by atoms with E-state index in [1.807, 2.05) is 0 Å². The van der Waals surface area contributed by atoms with Gasteiger partial charge >= 0.3 is 0 Å². The molecule has 0 aromatic carbocycles. The van der Waals surface area contributed by atoms with Crippen molar-refractivity contribution in [2.45, 2.75) is 11.8 Å². The summed E-state index contributed by atoms with van der Waals surface area (Å²) in [7, 11) is 1.61. The fourth-order valence-electron chi connectivity index (χ4n) is 0.882. The highest BCUT2D eigenvalue weighted by Crippen LogP contribution is 2.07. The van der Waals surface area contributed by atoms with Gasteiger partial charge in [-0.1, -0.05) is 11.6 Å². The van der Waals surface area contributed by atoms with Crippen LogP contribution in [0.3, 0.4) is 0 Å². The van der Waals surface area contributed by atoms with Crippen LogP contribution in [0.5, 0.6) is 0 Å². The maximum atomic E-state index is 5.92. The third kappa shape index (κ3) is 3.89. The lowest BCUT2D eigenvalue weighted by atomic mass is 10.3. The molecular weight excluding hydrogens is 211 g/mol. The van der Waals surface area contributed by atoms with Crippen LogP contribution in [-0.2, 0) is 11.2 Å². The molecule has 0 aliphatic carbocycles. The first-order valence-electron chi connectivity index (χ1n) is 3.82. The summed E-state index contributed by atoms with van der Waals surface area (Å²) in [5.41, 5.74) is 0. The van der Waals surface area contributed by atoms with E-state index in [-0.39, 0.29) is 5.38 Å². The molecule has 72 valence electrons. The first kappa shape index (κ1) is 10.7. The Morgan fingerprint density at radius 3 is 2.62 bits per heavy atom. The largest absolute Gasteiger partial charge is 0.383 e. The van der Waals surface area contributed by atoms with Crippen molar-refractivity contribution in [2.24, 2.45) is 0 Å². The molecule has 0 amide bonds. The molecule has 1 aromatic rings. The first-order valence-corrected chi connectivity index (χ1v) is 4.63. The van der Waals surface area contributed by atoms with Gasteiger partial charge in [0.1, 0.15) is 5.82 Å². The minimum atomic E-state index is -0.0915. The minimum Gasteiger partial charge on any atom is -0.383 e. The molecule has 1 aromatic heterocycles. The number of alkyl halides is 1. The number of hydrogen-bond donors (Lipinski definition) is 0. The number of methoxy groups -OCH3 is 1. The van der Waals surface area contributed by atoms with Gasteiger partial charge in [-0.2, -0.15) is 0 Å². The Balaban J connectivity index is 2.49. The van der Waals surface area contributed by atoms with Crippen LogP contribution in [-0.4, -0.2) is 29.1 Å². The van der Waals surface area contributed by atoms with Gasteiger partial charge in [-0.15, -0.1) is 11.6 Å². The molecular formula is C8H10Cl2N2O. The van der Waals surface area contributed by atoms with Crippen molar-refractivity contribution < 1.29 is 4.74 Å². The molecule has 5 heteroatoms. The zero-order valence-electron chi connectivity index (χ0n) is 7.20. The molecule has 0 saturated heterocycles. The van der Waals surface area contributed by atoms with Crippen molar-refractivity contribution in [3.8, 4) is 0 Å². The molecule has 13 heavy (non-hydrogen) atoms. The molecule has 0 fully saturated rings. The molecule has 0 spiro atoms. The lowest BCUT2D eigenvalue weighted by Crippen LogP contribution is -2.12. The summed E-state index contributed by atoms with van der Waals surface area (Å²) in [6.45, 7) is 0.494. The van der Waals surface area contributed by atoms with Crippen molar-refractivity contribution in [3.05, 3.63) is 23.2 Å². The van der Waals surface area contributed by atoms with Crippen molar-refractivity contribution >= 4 is 23.2 Å². The zero-order valence-corrected chi connectivity index (χ0v) is 8.72. The summed E-state index contributed by atoms with van der Waals surface area (Å²) in [5.74, 6) is 0.682. The Morgan fingerprint density at radius 1 is 1.46 bits per heavy atom. The van der Waals surface area contributed by atoms with Gasteiger partial charge in [-0.3, -0.25) is 0 Å². The van der Waals surface area contributed by atoms with Gasteiger partial charge in [0.2, 0.25) is 0 Å². The second kappa shape index (κ2) is 5.37. The Kier molecular flexibility index (Phi) is 4.42. The summed E-state index contributed by atoms with van der Waals surface area (Å²) < 4.78 is 4.89. The van der Waals surface area contributed by atoms with E-state index in [0.29, 0.717) is 23.9 Å². The van der Waals surface area contributed by atoms with Gasteiger partial charge in [0.05, 0.1) is 17.0 Å². The van der Waals surface area contributed by atoms with E-state index in [9.17, 15) is 0 Å². The maximum Gasteiger partial charge on any atom is 0.129 e. The van der Waals surface area contributed by atoms with Crippen molar-refractivity contribution in [2.75, 3.05) is 13.7 Å². The van der Waals surface area contributed by atoms with Crippen LogP contribution in [0.4, 0.5) is 0 Å². The third-order valence-corrected chi connectivity index (χ3v) is 1.90. The van der Waals surface area contributed by atoms with Gasteiger partial charge in [0.25, 0.3) is 0 Å². The summed E-state index contributed by atoms with van der Waals surface area (Å²) in [6.07, 6.45) is 3.70. The Hall–Kier alpha value is -0.380. The average Bonchev–Trinajstić information content (AvgIpc) is 2.09. The monoisotopic (exact) mass is 220 g/mol. The fraction of sp³-hybridized carbons (Fsp3) is 0.500. The number of nitrogens with zero attached hydrogens (tertiary/aromatic N) is 2. The predicted molar refractivity (Wildman–Crippen MR) is 52.3 cm³/mol. The van der Waals surface area contributed by atoms with Gasteiger partial charge in [0.15, 0.2) is 0 Å². The van der Waals surface area contributed by atoms with Gasteiger partial charge < -0.3 is 4.74 Å². The van der Waals surface area contributed by atoms with Crippen LogP contribution in [0.1, 0.15) is 5.82 Å². The van der Waals surface area contributed by atoms with E-state index in [0.717, 1.165) is 0 Å². The average molecular weight is 221 g/mol. The first-order chi connectivity index (χ1) is 6.22. The van der Waals surface area contributed by atoms with Crippen molar-refractivity contribution in [1.82, 2.24) is 9.97 Å². The van der Waals surface area contributed by atoms with Crippen LogP contribution in [0.15, 0.2) is 12.4 Å². The second-order valence-corrected chi connectivity index (χ2v) is 3.63. The Morgan fingerprint density at radius 2 is 2.08 bits per heavy atom. The highest BCUT2D eigenvalue weighted by atomic mass is 35.5. The zero-order chi connectivity index (χ0) is 9.68. The van der Waals surface area contributed by atoms with Crippen LogP contribution in [0.2, 0.25) is 5.02 Å². The normalized spacial score (nSPS) is 12.8. The van der Waals surface area contributed by atoms with Crippen molar-refractivity contribution in [1.29, 1.82) is 0 Å². The SMILES string of the molecule is COCC(Cl)Cc1ncc(Cl)cn1. The maximum absolute atomic E-state index is 5.92. The van der Waals surface area contributed by atoms with Gasteiger partial charge in [-0.05, 0) is 0 Å². The molecule has 0 aliphatic rings. The highest BCUT2D eigenvalue weighted by Gasteiger charge is 2.07. The molecule has 1 rings (SSSR count). The van der Waals surface area contributed by atoms with E-state index < -0.39 is 0 Å². The molecule has 0 radical (unpaired) electrons. The summed E-state index contributed by atoms with van der Waals surface area (Å²) in [6, 6.07) is 0. The Labute approximate surface area is 87.1 Å². The number of rotatable bonds is 4. The quantitative estimate of drug-likeness (QED) is 0.728. The van der Waals surface area contributed by atoms with E-state index in [4.69, 9.17) is 27.9 Å². The van der Waals surface area contributed by atoms with E-state index in [1.165, 1.54) is 0 Å². The summed E-state index contributed by atoms with van der Waals surface area (Å²) in [4.78, 5) is 8.03. The smallest absolute Gasteiger partial charge is 0.129 e. The predicted octanol–water partition coefficient (Wildman–Crippen LogP) is 1.93. The molecule has 0 N–H and O–H groups in total. The van der Waals surface area contributed by atoms with Gasteiger partial charge in [-0.25, -0.2) is 9.97 Å². The van der Waals surface area contributed by atoms with Crippen LogP contribution >= 0.6 is 23.2 Å². The second-order valence-electron chi connectivity index (χ2n) is 2.57. The van der Waals surface area contributed by atoms with Crippen LogP contribution in [0, 0.1) is 0 Å². The van der Waals surface area contributed by atoms with Crippen LogP contribution < -0.4 is 0 Å². The standard InChI is InChI=1S/C8H10Cl2N2O/c1-13-5-6(9)2-8-11-3-7(10)4-12-8/h3-4,6H,2,5H2,1H3. The molecule has 0 saturated carbocycles. The topological polar surface area (TPSA) is 35.0 Å². The summed E-state index contributed by atoms with van der Waals surface area (Å²) >= 11 is 11.5. The fourth-order valence-corrected chi connectivity index (χ4v) is 1.24. The molecule has 1 unspecified atom stereocenters. The highest BCUT2D eigenvalue weighted by molar-refractivity contribution is 6.30. The summed E-state index contributed by atoms with van der Waals surface area (Å²) in [5, 5.41) is 0.438. The van der Waals surface area contributed by atoms with Crippen molar-refractivity contribution in [3.63, 3.8) is 0 Å². The third-order valence-electron chi connectivity index (χ3n) is 1.43. The molecule has 1 atom stereocenters. The molecule has 0 bridgehead atoms. The number of aromatic nitrogens is 2. The van der Waals surface area contributed by atoms with Crippen LogP contribution in [0.25, 0.3) is 0 Å². The van der Waals surface area contributed by atoms with E-state index in [2.05, 4.69) is 9.97 Å². The minimum absolute atomic E-state index is 0.0915. The van der Waals surface area contributed by atoms with E-state index >= 15 is 0 Å². The number of ether oxygens (including phenoxy) is 1. The van der Waals surface area contributed by atoms with Gasteiger partial charge in [0, 0.05) is 25.9 Å². The number of hydrogen-bond acceptors (Lipinski definition) is 3. The molecule has 3 nitrogen and oxygen atoms in total. The Bertz CT molecular complexity index is 253. The number of halogens is 2.